The largest absolute Gasteiger partial charge is 0.495 e. The Morgan fingerprint density at radius 3 is 2.84 bits per heavy atom. The average Bonchev–Trinajstić information content (AvgIpc) is 3.11. The summed E-state index contributed by atoms with van der Waals surface area (Å²) < 4.78 is 10.8. The van der Waals surface area contributed by atoms with Gasteiger partial charge in [0.2, 0.25) is 11.8 Å². The number of ether oxygens (including phenoxy) is 1. The van der Waals surface area contributed by atoms with Gasteiger partial charge in [-0.1, -0.05) is 23.9 Å². The van der Waals surface area contributed by atoms with E-state index >= 15 is 0 Å². The SMILES string of the molecule is COc1ccccc1NC(=O)[C@H](C)Sc1nnc(-c2cccnc2)o1. The molecule has 0 radical (unpaired) electrons. The number of rotatable bonds is 6. The number of aromatic nitrogens is 3. The maximum atomic E-state index is 12.4. The van der Waals surface area contributed by atoms with Gasteiger partial charge in [0.1, 0.15) is 5.75 Å². The highest BCUT2D eigenvalue weighted by molar-refractivity contribution is 8.00. The van der Waals surface area contributed by atoms with Crippen molar-refractivity contribution in [2.45, 2.75) is 17.4 Å². The molecule has 0 fully saturated rings. The molecule has 2 aromatic heterocycles. The highest BCUT2D eigenvalue weighted by Gasteiger charge is 2.20. The molecule has 0 unspecified atom stereocenters. The topological polar surface area (TPSA) is 90.1 Å². The lowest BCUT2D eigenvalue weighted by Gasteiger charge is -2.12. The van der Waals surface area contributed by atoms with Crippen LogP contribution in [0.3, 0.4) is 0 Å². The molecule has 2 heterocycles. The number of amides is 1. The number of carbonyl (C=O) groups excluding carboxylic acids is 1. The third-order valence-corrected chi connectivity index (χ3v) is 4.26. The van der Waals surface area contributed by atoms with Crippen LogP contribution in [0.2, 0.25) is 0 Å². The Morgan fingerprint density at radius 1 is 1.24 bits per heavy atom. The van der Waals surface area contributed by atoms with Crippen LogP contribution in [0.25, 0.3) is 11.5 Å². The Hall–Kier alpha value is -2.87. The minimum atomic E-state index is -0.424. The zero-order valence-electron chi connectivity index (χ0n) is 13.7. The molecule has 3 aromatic rings. The summed E-state index contributed by atoms with van der Waals surface area (Å²) in [6.07, 6.45) is 3.31. The highest BCUT2D eigenvalue weighted by Crippen LogP contribution is 2.28. The van der Waals surface area contributed by atoms with Gasteiger partial charge >= 0.3 is 0 Å². The summed E-state index contributed by atoms with van der Waals surface area (Å²) in [5.74, 6) is 0.785. The summed E-state index contributed by atoms with van der Waals surface area (Å²) in [7, 11) is 1.56. The highest BCUT2D eigenvalue weighted by atomic mass is 32.2. The Bertz CT molecular complexity index is 854. The van der Waals surface area contributed by atoms with Crippen LogP contribution in [0.1, 0.15) is 6.92 Å². The van der Waals surface area contributed by atoms with E-state index in [4.69, 9.17) is 9.15 Å². The van der Waals surface area contributed by atoms with Gasteiger partial charge < -0.3 is 14.5 Å². The molecule has 0 spiro atoms. The van der Waals surface area contributed by atoms with E-state index in [1.807, 2.05) is 18.2 Å². The van der Waals surface area contributed by atoms with Crippen LogP contribution in [0.4, 0.5) is 5.69 Å². The third kappa shape index (κ3) is 4.16. The minimum absolute atomic E-state index is 0.185. The number of methoxy groups -OCH3 is 1. The third-order valence-electron chi connectivity index (χ3n) is 3.33. The van der Waals surface area contributed by atoms with E-state index in [0.717, 1.165) is 5.56 Å². The van der Waals surface area contributed by atoms with Crippen LogP contribution < -0.4 is 10.1 Å². The molecule has 8 heteroatoms. The molecule has 1 atom stereocenters. The van der Waals surface area contributed by atoms with Gasteiger partial charge in [-0.05, 0) is 31.2 Å². The fourth-order valence-electron chi connectivity index (χ4n) is 2.05. The average molecular weight is 356 g/mol. The number of hydrogen-bond acceptors (Lipinski definition) is 7. The van der Waals surface area contributed by atoms with Crippen molar-refractivity contribution in [1.82, 2.24) is 15.2 Å². The lowest BCUT2D eigenvalue weighted by atomic mass is 10.3. The second kappa shape index (κ2) is 7.80. The minimum Gasteiger partial charge on any atom is -0.495 e. The number of para-hydroxylation sites is 2. The number of pyridine rings is 1. The van der Waals surface area contributed by atoms with Crippen LogP contribution >= 0.6 is 11.8 Å². The van der Waals surface area contributed by atoms with E-state index in [-0.39, 0.29) is 5.91 Å². The van der Waals surface area contributed by atoms with Gasteiger partial charge in [-0.2, -0.15) is 0 Å². The van der Waals surface area contributed by atoms with Crippen LogP contribution in [0.5, 0.6) is 5.75 Å². The van der Waals surface area contributed by atoms with Crippen molar-refractivity contribution in [3.63, 3.8) is 0 Å². The van der Waals surface area contributed by atoms with Gasteiger partial charge in [-0.25, -0.2) is 0 Å². The van der Waals surface area contributed by atoms with Crippen molar-refractivity contribution in [2.75, 3.05) is 12.4 Å². The van der Waals surface area contributed by atoms with Crippen LogP contribution in [0.15, 0.2) is 58.4 Å². The fourth-order valence-corrected chi connectivity index (χ4v) is 2.73. The summed E-state index contributed by atoms with van der Waals surface area (Å²) in [5.41, 5.74) is 1.34. The molecular formula is C17H16N4O3S. The number of hydrogen-bond donors (Lipinski definition) is 1. The molecule has 3 rings (SSSR count). The zero-order chi connectivity index (χ0) is 17.6. The first kappa shape index (κ1) is 17.0. The molecule has 128 valence electrons. The molecule has 0 saturated heterocycles. The van der Waals surface area contributed by atoms with E-state index < -0.39 is 5.25 Å². The predicted octanol–water partition coefficient (Wildman–Crippen LogP) is 3.26. The van der Waals surface area contributed by atoms with Crippen molar-refractivity contribution in [1.29, 1.82) is 0 Å². The molecule has 1 amide bonds. The Kier molecular flexibility index (Phi) is 5.30. The van der Waals surface area contributed by atoms with Crippen molar-refractivity contribution in [3.8, 4) is 17.2 Å². The number of carbonyl (C=O) groups is 1. The summed E-state index contributed by atoms with van der Waals surface area (Å²) in [5, 5.41) is 10.7. The van der Waals surface area contributed by atoms with E-state index in [9.17, 15) is 4.79 Å². The first-order chi connectivity index (χ1) is 12.2. The maximum Gasteiger partial charge on any atom is 0.277 e. The molecule has 7 nitrogen and oxygen atoms in total. The van der Waals surface area contributed by atoms with Gasteiger partial charge in [-0.15, -0.1) is 10.2 Å². The second-order valence-corrected chi connectivity index (χ2v) is 6.36. The number of anilines is 1. The van der Waals surface area contributed by atoms with Crippen LogP contribution in [-0.4, -0.2) is 33.4 Å². The lowest BCUT2D eigenvalue weighted by Crippen LogP contribution is -2.22. The first-order valence-electron chi connectivity index (χ1n) is 7.52. The van der Waals surface area contributed by atoms with Crippen molar-refractivity contribution in [3.05, 3.63) is 48.8 Å². The molecule has 0 aliphatic rings. The quantitative estimate of drug-likeness (QED) is 0.678. The number of nitrogens with one attached hydrogen (secondary N) is 1. The van der Waals surface area contributed by atoms with Crippen molar-refractivity contribution >= 4 is 23.4 Å². The monoisotopic (exact) mass is 356 g/mol. The van der Waals surface area contributed by atoms with E-state index in [1.165, 1.54) is 11.8 Å². The normalized spacial score (nSPS) is 11.8. The standard InChI is InChI=1S/C17H16N4O3S/c1-11(15(22)19-13-7-3-4-8-14(13)23-2)25-17-21-20-16(24-17)12-6-5-9-18-10-12/h3-11H,1-2H3,(H,19,22)/t11-/m0/s1. The van der Waals surface area contributed by atoms with Crippen LogP contribution in [-0.2, 0) is 4.79 Å². The lowest BCUT2D eigenvalue weighted by molar-refractivity contribution is -0.115. The Labute approximate surface area is 148 Å². The summed E-state index contributed by atoms with van der Waals surface area (Å²) >= 11 is 1.19. The smallest absolute Gasteiger partial charge is 0.277 e. The molecule has 0 bridgehead atoms. The molecule has 25 heavy (non-hydrogen) atoms. The number of benzene rings is 1. The Balaban J connectivity index is 1.65. The van der Waals surface area contributed by atoms with Gasteiger partial charge in [0.15, 0.2) is 0 Å². The summed E-state index contributed by atoms with van der Waals surface area (Å²) in [6, 6.07) is 10.8. The maximum absolute atomic E-state index is 12.4. The molecule has 0 aliphatic carbocycles. The second-order valence-electron chi connectivity index (χ2n) is 5.06. The van der Waals surface area contributed by atoms with Crippen LogP contribution in [0, 0.1) is 0 Å². The van der Waals surface area contributed by atoms with Gasteiger partial charge in [0.05, 0.1) is 23.6 Å². The molecule has 0 aliphatic heterocycles. The van der Waals surface area contributed by atoms with E-state index in [0.29, 0.717) is 22.6 Å². The Morgan fingerprint density at radius 2 is 2.08 bits per heavy atom. The summed E-state index contributed by atoms with van der Waals surface area (Å²) in [6.45, 7) is 1.77. The zero-order valence-corrected chi connectivity index (χ0v) is 14.5. The van der Waals surface area contributed by atoms with Gasteiger partial charge in [0, 0.05) is 12.4 Å². The van der Waals surface area contributed by atoms with Gasteiger partial charge in [0.25, 0.3) is 5.22 Å². The summed E-state index contributed by atoms with van der Waals surface area (Å²) in [4.78, 5) is 16.4. The fraction of sp³-hybridized carbons (Fsp3) is 0.176. The first-order valence-corrected chi connectivity index (χ1v) is 8.40. The predicted molar refractivity (Wildman–Crippen MR) is 94.5 cm³/mol. The molecule has 1 aromatic carbocycles. The van der Waals surface area contributed by atoms with E-state index in [2.05, 4.69) is 20.5 Å². The number of thioether (sulfide) groups is 1. The number of nitrogens with zero attached hydrogens (tertiary/aromatic N) is 3. The molecular weight excluding hydrogens is 340 g/mol. The molecule has 1 N–H and O–H groups in total. The van der Waals surface area contributed by atoms with Gasteiger partial charge in [-0.3, -0.25) is 9.78 Å². The van der Waals surface area contributed by atoms with E-state index in [1.54, 1.807) is 44.6 Å². The molecule has 0 saturated carbocycles. The van der Waals surface area contributed by atoms with Crippen molar-refractivity contribution < 1.29 is 13.9 Å². The van der Waals surface area contributed by atoms with Crippen molar-refractivity contribution in [2.24, 2.45) is 0 Å².